The molecule has 1 N–H and O–H groups in total. The van der Waals surface area contributed by atoms with Crippen molar-refractivity contribution in [1.29, 1.82) is 0 Å². The van der Waals surface area contributed by atoms with Crippen LogP contribution in [-0.2, 0) is 16.0 Å². The van der Waals surface area contributed by atoms with Gasteiger partial charge in [-0.15, -0.1) is 0 Å². The van der Waals surface area contributed by atoms with E-state index >= 15 is 0 Å². The molecule has 0 aromatic heterocycles. The Morgan fingerprint density at radius 2 is 1.72 bits per heavy atom. The zero-order chi connectivity index (χ0) is 20.1. The van der Waals surface area contributed by atoms with Crippen LogP contribution < -0.4 is 4.74 Å². The van der Waals surface area contributed by atoms with Crippen LogP contribution >= 0.6 is 0 Å². The first-order chi connectivity index (χ1) is 14.1. The summed E-state index contributed by atoms with van der Waals surface area (Å²) >= 11 is 0. The average molecular weight is 386 g/mol. The van der Waals surface area contributed by atoms with E-state index in [9.17, 15) is 14.7 Å². The zero-order valence-corrected chi connectivity index (χ0v) is 16.2. The number of fused-ring (bicyclic) bond motifs is 4. The zero-order valence-electron chi connectivity index (χ0n) is 16.2. The molecule has 5 rings (SSSR count). The lowest BCUT2D eigenvalue weighted by Gasteiger charge is -2.24. The number of aliphatic carboxylic acids is 1. The van der Waals surface area contributed by atoms with Crippen molar-refractivity contribution in [2.75, 3.05) is 0 Å². The molecule has 0 amide bonds. The van der Waals surface area contributed by atoms with Crippen LogP contribution in [-0.4, -0.2) is 17.0 Å². The molecule has 4 nitrogen and oxygen atoms in total. The molecule has 1 fully saturated rings. The maximum atomic E-state index is 13.3. The molecule has 3 aromatic carbocycles. The van der Waals surface area contributed by atoms with Crippen LogP contribution in [0.25, 0.3) is 21.5 Å². The van der Waals surface area contributed by atoms with Crippen LogP contribution in [0.15, 0.2) is 60.7 Å². The van der Waals surface area contributed by atoms with E-state index in [4.69, 9.17) is 4.74 Å². The van der Waals surface area contributed by atoms with E-state index in [1.54, 1.807) is 0 Å². The van der Waals surface area contributed by atoms with Crippen LogP contribution in [0.4, 0.5) is 0 Å². The summed E-state index contributed by atoms with van der Waals surface area (Å²) in [6.45, 7) is 2.08. The molecule has 29 heavy (non-hydrogen) atoms. The molecule has 1 saturated carbocycles. The minimum atomic E-state index is -0.916. The molecule has 2 aliphatic carbocycles. The van der Waals surface area contributed by atoms with Gasteiger partial charge in [-0.25, -0.2) is 0 Å². The van der Waals surface area contributed by atoms with E-state index in [0.29, 0.717) is 12.2 Å². The first-order valence-corrected chi connectivity index (χ1v) is 10.1. The van der Waals surface area contributed by atoms with Gasteiger partial charge < -0.3 is 9.84 Å². The Kier molecular flexibility index (Phi) is 4.16. The summed E-state index contributed by atoms with van der Waals surface area (Å²) in [4.78, 5) is 25.1. The number of allylic oxidation sites excluding steroid dienone is 2. The Morgan fingerprint density at radius 3 is 2.48 bits per heavy atom. The average Bonchev–Trinajstić information content (AvgIpc) is 3.34. The lowest BCUT2D eigenvalue weighted by molar-refractivity contribution is -0.152. The minimum absolute atomic E-state index is 0.0551. The molecular formula is C25H22O4. The first-order valence-electron chi connectivity index (χ1n) is 10.1. The second-order valence-corrected chi connectivity index (χ2v) is 8.05. The fourth-order valence-corrected chi connectivity index (χ4v) is 5.20. The molecule has 0 heterocycles. The summed E-state index contributed by atoms with van der Waals surface area (Å²) in [6.07, 6.45) is 5.45. The Hall–Kier alpha value is -3.14. The molecule has 0 aliphatic heterocycles. The van der Waals surface area contributed by atoms with Gasteiger partial charge in [0.15, 0.2) is 0 Å². The van der Waals surface area contributed by atoms with Gasteiger partial charge in [-0.3, -0.25) is 9.59 Å². The second kappa shape index (κ2) is 6.73. The predicted octanol–water partition coefficient (Wildman–Crippen LogP) is 4.98. The van der Waals surface area contributed by atoms with Crippen LogP contribution in [0.2, 0.25) is 0 Å². The Morgan fingerprint density at radius 1 is 1.00 bits per heavy atom. The first kappa shape index (κ1) is 17.9. The van der Waals surface area contributed by atoms with Crippen molar-refractivity contribution in [3.05, 3.63) is 66.2 Å². The number of esters is 1. The molecule has 0 radical (unpaired) electrons. The molecule has 2 bridgehead atoms. The van der Waals surface area contributed by atoms with Gasteiger partial charge in [0, 0.05) is 10.8 Å². The van der Waals surface area contributed by atoms with Crippen LogP contribution in [0, 0.1) is 23.7 Å². The number of rotatable bonds is 4. The number of aryl methyl sites for hydroxylation is 1. The van der Waals surface area contributed by atoms with E-state index < -0.39 is 23.8 Å². The fraction of sp³-hybridized carbons (Fsp3) is 0.280. The minimum Gasteiger partial charge on any atom is -0.481 e. The van der Waals surface area contributed by atoms with Gasteiger partial charge in [0.05, 0.1) is 11.8 Å². The Bertz CT molecular complexity index is 1180. The summed E-state index contributed by atoms with van der Waals surface area (Å²) in [5.41, 5.74) is 1.11. The number of benzene rings is 3. The maximum absolute atomic E-state index is 13.3. The number of carbonyl (C=O) groups excluding carboxylic acids is 1. The standard InChI is InChI=1S/C25H22O4/c1-2-14-7-5-8-16-12-15-6-3-4-9-19(15)23(20(14)16)29-25(28)22-18-11-10-17(13-18)21(22)24(26)27/h3-12,17-18,21-22H,2,13H2,1H3,(H,26,27). The highest BCUT2D eigenvalue weighted by molar-refractivity contribution is 6.08. The number of carboxylic acids is 1. The number of ether oxygens (including phenoxy) is 1. The van der Waals surface area contributed by atoms with E-state index in [1.807, 2.05) is 48.6 Å². The molecule has 146 valence electrons. The molecule has 0 saturated heterocycles. The van der Waals surface area contributed by atoms with Crippen LogP contribution in [0.1, 0.15) is 18.9 Å². The second-order valence-electron chi connectivity index (χ2n) is 8.05. The molecule has 4 unspecified atom stereocenters. The summed E-state index contributed by atoms with van der Waals surface area (Å²) in [5, 5.41) is 13.5. The number of hydrogen-bond donors (Lipinski definition) is 1. The van der Waals surface area contributed by atoms with E-state index in [2.05, 4.69) is 19.1 Å². The summed E-state index contributed by atoms with van der Waals surface area (Å²) in [6, 6.07) is 16.1. The lowest BCUT2D eigenvalue weighted by atomic mass is 9.83. The Labute approximate surface area is 168 Å². The largest absolute Gasteiger partial charge is 0.481 e. The highest BCUT2D eigenvalue weighted by Crippen LogP contribution is 2.49. The van der Waals surface area contributed by atoms with E-state index in [0.717, 1.165) is 33.5 Å². The van der Waals surface area contributed by atoms with Gasteiger partial charge >= 0.3 is 11.9 Å². The normalized spacial score (nSPS) is 25.0. The van der Waals surface area contributed by atoms with E-state index in [-0.39, 0.29) is 11.8 Å². The number of carbonyl (C=O) groups is 2. The van der Waals surface area contributed by atoms with E-state index in [1.165, 1.54) is 0 Å². The van der Waals surface area contributed by atoms with Crippen molar-refractivity contribution in [3.8, 4) is 5.75 Å². The fourth-order valence-electron chi connectivity index (χ4n) is 5.20. The SMILES string of the molecule is CCc1cccc2cc3ccccc3c(OC(=O)C3C4C=CC(C4)C3C(=O)O)c12. The molecule has 0 spiro atoms. The van der Waals surface area contributed by atoms with Crippen LogP contribution in [0.5, 0.6) is 5.75 Å². The highest BCUT2D eigenvalue weighted by Gasteiger charge is 2.52. The van der Waals surface area contributed by atoms with Crippen molar-refractivity contribution >= 4 is 33.5 Å². The van der Waals surface area contributed by atoms with Gasteiger partial charge in [-0.2, -0.15) is 0 Å². The molecule has 4 atom stereocenters. The smallest absolute Gasteiger partial charge is 0.315 e. The third kappa shape index (κ3) is 2.74. The molecule has 4 heteroatoms. The summed E-state index contributed by atoms with van der Waals surface area (Å²) in [5.74, 6) is -2.27. The van der Waals surface area contributed by atoms with Gasteiger partial charge in [0.25, 0.3) is 0 Å². The van der Waals surface area contributed by atoms with Gasteiger partial charge in [-0.05, 0) is 47.1 Å². The predicted molar refractivity (Wildman–Crippen MR) is 112 cm³/mol. The molecular weight excluding hydrogens is 364 g/mol. The third-order valence-electron chi connectivity index (χ3n) is 6.53. The van der Waals surface area contributed by atoms with Gasteiger partial charge in [0.2, 0.25) is 0 Å². The quantitative estimate of drug-likeness (QED) is 0.297. The maximum Gasteiger partial charge on any atom is 0.315 e. The third-order valence-corrected chi connectivity index (χ3v) is 6.53. The van der Waals surface area contributed by atoms with Gasteiger partial charge in [-0.1, -0.05) is 61.5 Å². The van der Waals surface area contributed by atoms with Crippen molar-refractivity contribution in [3.63, 3.8) is 0 Å². The monoisotopic (exact) mass is 386 g/mol. The number of hydrogen-bond acceptors (Lipinski definition) is 3. The topological polar surface area (TPSA) is 63.6 Å². The molecule has 2 aliphatic rings. The molecule has 3 aromatic rings. The van der Waals surface area contributed by atoms with Crippen molar-refractivity contribution < 1.29 is 19.4 Å². The lowest BCUT2D eigenvalue weighted by Crippen LogP contribution is -2.35. The van der Waals surface area contributed by atoms with Crippen LogP contribution in [0.3, 0.4) is 0 Å². The van der Waals surface area contributed by atoms with Crippen molar-refractivity contribution in [2.24, 2.45) is 23.7 Å². The van der Waals surface area contributed by atoms with Gasteiger partial charge in [0.1, 0.15) is 5.75 Å². The highest BCUT2D eigenvalue weighted by atomic mass is 16.5. The summed E-state index contributed by atoms with van der Waals surface area (Å²) in [7, 11) is 0. The van der Waals surface area contributed by atoms with Crippen molar-refractivity contribution in [1.82, 2.24) is 0 Å². The van der Waals surface area contributed by atoms with Crippen molar-refractivity contribution in [2.45, 2.75) is 19.8 Å². The Balaban J connectivity index is 1.65. The summed E-state index contributed by atoms with van der Waals surface area (Å²) < 4.78 is 6.06. The number of carboxylic acid groups (broad SMARTS) is 1.